The maximum atomic E-state index is 13.6. The number of fused-ring (bicyclic) bond motifs is 3. The van der Waals surface area contributed by atoms with Gasteiger partial charge in [0.1, 0.15) is 17.0 Å². The fourth-order valence-corrected chi connectivity index (χ4v) is 4.95. The summed E-state index contributed by atoms with van der Waals surface area (Å²) in [5.74, 6) is -0.532. The van der Waals surface area contributed by atoms with Crippen molar-refractivity contribution >= 4 is 34.6 Å². The number of nitriles is 2. The molecule has 0 radical (unpaired) electrons. The van der Waals surface area contributed by atoms with Crippen LogP contribution in [-0.2, 0) is 19.5 Å². The van der Waals surface area contributed by atoms with Gasteiger partial charge in [0.25, 0.3) is 0 Å². The molecule has 1 amide bonds. The predicted octanol–water partition coefficient (Wildman–Crippen LogP) is 5.40. The molecule has 0 fully saturated rings. The molecule has 1 aliphatic heterocycles. The van der Waals surface area contributed by atoms with E-state index in [9.17, 15) is 14.4 Å². The molecular formula is C29H22ClFN6O. The number of aromatic nitrogens is 2. The minimum absolute atomic E-state index is 0.0150. The van der Waals surface area contributed by atoms with E-state index < -0.39 is 5.82 Å². The van der Waals surface area contributed by atoms with E-state index in [1.165, 1.54) is 12.1 Å². The lowest BCUT2D eigenvalue weighted by Crippen LogP contribution is -2.34. The van der Waals surface area contributed by atoms with Gasteiger partial charge in [-0.3, -0.25) is 9.47 Å². The maximum Gasteiger partial charge on any atom is 0.326 e. The minimum Gasteiger partial charge on any atom is -0.333 e. The van der Waals surface area contributed by atoms with Gasteiger partial charge in [-0.25, -0.2) is 14.2 Å². The Kier molecular flexibility index (Phi) is 7.19. The van der Waals surface area contributed by atoms with Crippen molar-refractivity contribution < 1.29 is 9.18 Å². The molecule has 0 unspecified atom stereocenters. The van der Waals surface area contributed by atoms with E-state index in [1.54, 1.807) is 35.0 Å². The first kappa shape index (κ1) is 25.2. The van der Waals surface area contributed by atoms with Crippen molar-refractivity contribution in [2.45, 2.75) is 19.5 Å². The average Bonchev–Trinajstić information content (AvgIpc) is 3.25. The summed E-state index contributed by atoms with van der Waals surface area (Å²) in [5.41, 5.74) is 4.85. The second-order valence-electron chi connectivity index (χ2n) is 8.99. The summed E-state index contributed by atoms with van der Waals surface area (Å²) in [6.45, 7) is 2.29. The van der Waals surface area contributed by atoms with E-state index in [0.717, 1.165) is 39.8 Å². The fourth-order valence-electron chi connectivity index (χ4n) is 4.75. The van der Waals surface area contributed by atoms with Crippen LogP contribution in [0.25, 0.3) is 17.0 Å². The van der Waals surface area contributed by atoms with Gasteiger partial charge < -0.3 is 5.32 Å². The fraction of sp³-hybridized carbons (Fsp3) is 0.172. The summed E-state index contributed by atoms with van der Waals surface area (Å²) in [6.07, 6.45) is 6.10. The van der Waals surface area contributed by atoms with Crippen molar-refractivity contribution in [1.82, 2.24) is 19.8 Å². The normalized spacial score (nSPS) is 13.3. The summed E-state index contributed by atoms with van der Waals surface area (Å²) in [4.78, 5) is 19.6. The number of nitrogens with zero attached hydrogens (tertiary/aromatic N) is 5. The number of rotatable bonds is 5. The Morgan fingerprint density at radius 2 is 2.03 bits per heavy atom. The number of halogens is 2. The molecule has 0 saturated carbocycles. The first-order valence-electron chi connectivity index (χ1n) is 12.0. The molecule has 2 aromatic carbocycles. The van der Waals surface area contributed by atoms with Gasteiger partial charge in [0.05, 0.1) is 22.7 Å². The van der Waals surface area contributed by atoms with Crippen molar-refractivity contribution in [2.24, 2.45) is 0 Å². The Bertz CT molecular complexity index is 1660. The van der Waals surface area contributed by atoms with Gasteiger partial charge in [-0.2, -0.15) is 10.5 Å². The smallest absolute Gasteiger partial charge is 0.326 e. The number of hydrogen-bond acceptors (Lipinski definition) is 5. The van der Waals surface area contributed by atoms with E-state index in [0.29, 0.717) is 36.8 Å². The highest BCUT2D eigenvalue weighted by Crippen LogP contribution is 2.32. The Morgan fingerprint density at radius 3 is 2.82 bits per heavy atom. The van der Waals surface area contributed by atoms with Crippen LogP contribution in [0.3, 0.4) is 0 Å². The third kappa shape index (κ3) is 5.14. The number of amides is 1. The molecule has 9 heteroatoms. The summed E-state index contributed by atoms with van der Waals surface area (Å²) in [7, 11) is 0. The van der Waals surface area contributed by atoms with Crippen molar-refractivity contribution in [3.05, 3.63) is 105 Å². The van der Waals surface area contributed by atoms with Gasteiger partial charge >= 0.3 is 6.03 Å². The maximum absolute atomic E-state index is 13.6. The third-order valence-electron chi connectivity index (χ3n) is 6.58. The van der Waals surface area contributed by atoms with E-state index in [4.69, 9.17) is 16.9 Å². The second kappa shape index (κ2) is 10.9. The second-order valence-corrected chi connectivity index (χ2v) is 9.38. The van der Waals surface area contributed by atoms with Gasteiger partial charge in [-0.15, -0.1) is 0 Å². The van der Waals surface area contributed by atoms with Crippen molar-refractivity contribution in [1.29, 1.82) is 10.5 Å². The molecule has 7 nitrogen and oxygen atoms in total. The molecule has 1 aliphatic rings. The van der Waals surface area contributed by atoms with E-state index in [1.807, 2.05) is 30.4 Å². The first-order valence-corrected chi connectivity index (χ1v) is 12.4. The molecular weight excluding hydrogens is 503 g/mol. The van der Waals surface area contributed by atoms with Crippen molar-refractivity contribution in [3.8, 4) is 12.1 Å². The molecule has 5 rings (SSSR count). The molecule has 188 valence electrons. The molecule has 38 heavy (non-hydrogen) atoms. The Labute approximate surface area is 224 Å². The van der Waals surface area contributed by atoms with Gasteiger partial charge in [0.2, 0.25) is 0 Å². The molecule has 0 atom stereocenters. The van der Waals surface area contributed by atoms with Gasteiger partial charge in [0.15, 0.2) is 0 Å². The zero-order valence-corrected chi connectivity index (χ0v) is 21.0. The van der Waals surface area contributed by atoms with Gasteiger partial charge in [-0.1, -0.05) is 29.8 Å². The SMILES string of the molecule is N#Cc1ccc2c(c1)c1c(n2C(=O)NCc2ccnc(Cl)c2)CCN(CC=Cc2ccc(F)c(C#N)c2)C1. The molecule has 0 aliphatic carbocycles. The Morgan fingerprint density at radius 1 is 1.16 bits per heavy atom. The zero-order chi connectivity index (χ0) is 26.6. The molecule has 0 bridgehead atoms. The minimum atomic E-state index is -0.532. The lowest BCUT2D eigenvalue weighted by atomic mass is 10.0. The molecule has 3 heterocycles. The monoisotopic (exact) mass is 524 g/mol. The average molecular weight is 525 g/mol. The van der Waals surface area contributed by atoms with Gasteiger partial charge in [-0.05, 0) is 59.2 Å². The van der Waals surface area contributed by atoms with Crippen LogP contribution in [0.2, 0.25) is 5.15 Å². The summed E-state index contributed by atoms with van der Waals surface area (Å²) < 4.78 is 15.3. The van der Waals surface area contributed by atoms with Crippen LogP contribution < -0.4 is 5.32 Å². The standard InChI is InChI=1S/C29H22ClFN6O/c30-28-14-21(7-9-34-28)17-35-29(38)37-26-6-4-20(15-32)13-23(26)24-18-36(11-8-27(24)37)10-1-2-19-3-5-25(31)22(12-19)16-33/h1-7,9,12-14H,8,10-11,17-18H2,(H,35,38). The van der Waals surface area contributed by atoms with Crippen LogP contribution in [0.1, 0.15) is 33.5 Å². The molecule has 4 aromatic rings. The largest absolute Gasteiger partial charge is 0.333 e. The summed E-state index contributed by atoms with van der Waals surface area (Å²) in [6, 6.07) is 17.1. The number of pyridine rings is 1. The number of nitrogens with one attached hydrogen (secondary N) is 1. The highest BCUT2D eigenvalue weighted by Gasteiger charge is 2.26. The number of hydrogen-bond donors (Lipinski definition) is 1. The lowest BCUT2D eigenvalue weighted by molar-refractivity contribution is 0.240. The summed E-state index contributed by atoms with van der Waals surface area (Å²) >= 11 is 5.97. The highest BCUT2D eigenvalue weighted by atomic mass is 35.5. The first-order chi connectivity index (χ1) is 18.5. The van der Waals surface area contributed by atoms with Crippen LogP contribution in [-0.4, -0.2) is 33.6 Å². The Balaban J connectivity index is 1.38. The number of carbonyl (C=O) groups is 1. The predicted molar refractivity (Wildman–Crippen MR) is 143 cm³/mol. The van der Waals surface area contributed by atoms with Crippen LogP contribution >= 0.6 is 11.6 Å². The van der Waals surface area contributed by atoms with Crippen LogP contribution in [0.5, 0.6) is 0 Å². The van der Waals surface area contributed by atoms with E-state index >= 15 is 0 Å². The van der Waals surface area contributed by atoms with Gasteiger partial charge in [0, 0.05) is 49.9 Å². The van der Waals surface area contributed by atoms with Crippen molar-refractivity contribution in [3.63, 3.8) is 0 Å². The van der Waals surface area contributed by atoms with Crippen LogP contribution in [0, 0.1) is 28.5 Å². The van der Waals surface area contributed by atoms with E-state index in [-0.39, 0.29) is 11.6 Å². The molecule has 1 N–H and O–H groups in total. The number of benzene rings is 2. The highest BCUT2D eigenvalue weighted by molar-refractivity contribution is 6.29. The Hall–Kier alpha value is -4.50. The molecule has 2 aromatic heterocycles. The quantitative estimate of drug-likeness (QED) is 0.352. The third-order valence-corrected chi connectivity index (χ3v) is 6.79. The van der Waals surface area contributed by atoms with E-state index in [2.05, 4.69) is 21.3 Å². The van der Waals surface area contributed by atoms with Crippen LogP contribution in [0.15, 0.2) is 60.8 Å². The summed E-state index contributed by atoms with van der Waals surface area (Å²) in [5, 5.41) is 22.7. The lowest BCUT2D eigenvalue weighted by Gasteiger charge is -2.27. The molecule has 0 saturated heterocycles. The number of carbonyl (C=O) groups excluding carboxylic acids is 1. The topological polar surface area (TPSA) is 97.7 Å². The zero-order valence-electron chi connectivity index (χ0n) is 20.3. The van der Waals surface area contributed by atoms with Crippen LogP contribution in [0.4, 0.5) is 9.18 Å². The van der Waals surface area contributed by atoms with Crippen molar-refractivity contribution in [2.75, 3.05) is 13.1 Å². The molecule has 0 spiro atoms.